The van der Waals surface area contributed by atoms with Crippen molar-refractivity contribution >= 4 is 23.2 Å². The van der Waals surface area contributed by atoms with Gasteiger partial charge in [-0.15, -0.1) is 0 Å². The third kappa shape index (κ3) is 4.33. The Hall–Kier alpha value is -3.11. The van der Waals surface area contributed by atoms with Gasteiger partial charge in [-0.2, -0.15) is 0 Å². The predicted octanol–water partition coefficient (Wildman–Crippen LogP) is 5.46. The highest BCUT2D eigenvalue weighted by Gasteiger charge is 2.16. The molecular formula is C24H22ClN3O. The molecule has 0 bridgehead atoms. The van der Waals surface area contributed by atoms with E-state index < -0.39 is 0 Å². The summed E-state index contributed by atoms with van der Waals surface area (Å²) in [6, 6.07) is 23.5. The van der Waals surface area contributed by atoms with E-state index in [1.165, 1.54) is 0 Å². The first-order valence-electron chi connectivity index (χ1n) is 9.68. The van der Waals surface area contributed by atoms with E-state index in [0.717, 1.165) is 28.2 Å². The van der Waals surface area contributed by atoms with Crippen molar-refractivity contribution in [1.82, 2.24) is 14.7 Å². The Morgan fingerprint density at radius 2 is 1.76 bits per heavy atom. The van der Waals surface area contributed by atoms with Gasteiger partial charge in [0.25, 0.3) is 0 Å². The second-order valence-corrected chi connectivity index (χ2v) is 7.48. The van der Waals surface area contributed by atoms with Crippen LogP contribution in [0.4, 0.5) is 0 Å². The summed E-state index contributed by atoms with van der Waals surface area (Å²) < 4.78 is 2.05. The largest absolute Gasteiger partial charge is 0.350 e. The van der Waals surface area contributed by atoms with Crippen LogP contribution in [-0.4, -0.2) is 15.3 Å². The van der Waals surface area contributed by atoms with E-state index >= 15 is 0 Å². The molecule has 2 aromatic heterocycles. The normalized spacial score (nSPS) is 12.1. The maximum atomic E-state index is 12.6. The summed E-state index contributed by atoms with van der Waals surface area (Å²) in [5.41, 5.74) is 4.86. The van der Waals surface area contributed by atoms with Crippen LogP contribution in [0.3, 0.4) is 0 Å². The maximum Gasteiger partial charge on any atom is 0.220 e. The Bertz CT molecular complexity index is 1120. The monoisotopic (exact) mass is 403 g/mol. The molecule has 0 radical (unpaired) electrons. The molecule has 0 fully saturated rings. The van der Waals surface area contributed by atoms with Gasteiger partial charge in [-0.25, -0.2) is 4.98 Å². The lowest BCUT2D eigenvalue weighted by Crippen LogP contribution is -2.26. The molecule has 0 saturated heterocycles. The van der Waals surface area contributed by atoms with Crippen molar-refractivity contribution in [3.8, 4) is 11.3 Å². The van der Waals surface area contributed by atoms with Crippen LogP contribution in [0.2, 0.25) is 5.02 Å². The first-order valence-corrected chi connectivity index (χ1v) is 10.1. The van der Waals surface area contributed by atoms with E-state index in [-0.39, 0.29) is 11.9 Å². The predicted molar refractivity (Wildman–Crippen MR) is 117 cm³/mol. The van der Waals surface area contributed by atoms with Crippen LogP contribution in [0.25, 0.3) is 16.9 Å². The van der Waals surface area contributed by atoms with Crippen LogP contribution < -0.4 is 5.32 Å². The number of hydrogen-bond donors (Lipinski definition) is 1. The first-order chi connectivity index (χ1) is 14.1. The van der Waals surface area contributed by atoms with Gasteiger partial charge in [-0.3, -0.25) is 4.79 Å². The van der Waals surface area contributed by atoms with Crippen molar-refractivity contribution < 1.29 is 4.79 Å². The number of imidazole rings is 1. The molecule has 0 saturated carbocycles. The molecular weight excluding hydrogens is 382 g/mol. The number of fused-ring (bicyclic) bond motifs is 1. The smallest absolute Gasteiger partial charge is 0.220 e. The van der Waals surface area contributed by atoms with Crippen molar-refractivity contribution in [2.75, 3.05) is 0 Å². The first kappa shape index (κ1) is 19.2. The number of carbonyl (C=O) groups is 1. The van der Waals surface area contributed by atoms with E-state index in [9.17, 15) is 4.79 Å². The summed E-state index contributed by atoms with van der Waals surface area (Å²) in [5.74, 6) is 0.0225. The number of aryl methyl sites for hydroxylation is 1. The maximum absolute atomic E-state index is 12.6. The summed E-state index contributed by atoms with van der Waals surface area (Å²) in [6.07, 6.45) is 2.97. The SMILES string of the molecule is C[C@@H](NC(=O)CCc1c(-c2ccc(Cl)cc2)nc2ccccn12)c1ccccc1. The summed E-state index contributed by atoms with van der Waals surface area (Å²) in [7, 11) is 0. The summed E-state index contributed by atoms with van der Waals surface area (Å²) in [4.78, 5) is 17.4. The zero-order valence-corrected chi connectivity index (χ0v) is 16.9. The molecule has 0 unspecified atom stereocenters. The van der Waals surface area contributed by atoms with E-state index in [0.29, 0.717) is 17.9 Å². The van der Waals surface area contributed by atoms with E-state index in [4.69, 9.17) is 16.6 Å². The second-order valence-electron chi connectivity index (χ2n) is 7.04. The Kier molecular flexibility index (Phi) is 5.63. The van der Waals surface area contributed by atoms with Gasteiger partial charge in [0.15, 0.2) is 0 Å². The number of aromatic nitrogens is 2. The van der Waals surface area contributed by atoms with Gasteiger partial charge < -0.3 is 9.72 Å². The van der Waals surface area contributed by atoms with Gasteiger partial charge in [0.1, 0.15) is 5.65 Å². The van der Waals surface area contributed by atoms with E-state index in [1.54, 1.807) is 0 Å². The fourth-order valence-electron chi connectivity index (χ4n) is 3.50. The van der Waals surface area contributed by atoms with Crippen LogP contribution in [0.5, 0.6) is 0 Å². The van der Waals surface area contributed by atoms with Crippen molar-refractivity contribution in [3.05, 3.63) is 95.3 Å². The van der Waals surface area contributed by atoms with Gasteiger partial charge in [0.05, 0.1) is 17.4 Å². The number of nitrogens with one attached hydrogen (secondary N) is 1. The lowest BCUT2D eigenvalue weighted by Gasteiger charge is -2.14. The number of halogens is 1. The third-order valence-corrected chi connectivity index (χ3v) is 5.26. The molecule has 4 nitrogen and oxygen atoms in total. The highest BCUT2D eigenvalue weighted by atomic mass is 35.5. The van der Waals surface area contributed by atoms with Gasteiger partial charge in [-0.1, -0.05) is 60.1 Å². The van der Waals surface area contributed by atoms with Crippen LogP contribution in [0.15, 0.2) is 79.0 Å². The number of carbonyl (C=O) groups excluding carboxylic acids is 1. The van der Waals surface area contributed by atoms with Crippen molar-refractivity contribution in [1.29, 1.82) is 0 Å². The van der Waals surface area contributed by atoms with Crippen LogP contribution in [0, 0.1) is 0 Å². The molecule has 0 aliphatic heterocycles. The lowest BCUT2D eigenvalue weighted by atomic mass is 10.1. The van der Waals surface area contributed by atoms with E-state index in [2.05, 4.69) is 9.72 Å². The average Bonchev–Trinajstić information content (AvgIpc) is 3.12. The fourth-order valence-corrected chi connectivity index (χ4v) is 3.62. The molecule has 0 spiro atoms. The molecule has 1 atom stereocenters. The number of rotatable bonds is 6. The van der Waals surface area contributed by atoms with Gasteiger partial charge >= 0.3 is 0 Å². The standard InChI is InChI=1S/C24H22ClN3O/c1-17(18-7-3-2-4-8-18)26-23(29)15-14-21-24(19-10-12-20(25)13-11-19)27-22-9-5-6-16-28(21)22/h2-13,16-17H,14-15H2,1H3,(H,26,29)/t17-/m1/s1. The Morgan fingerprint density at radius 3 is 2.52 bits per heavy atom. The number of amides is 1. The minimum absolute atomic E-state index is 0.0225. The van der Waals surface area contributed by atoms with Crippen LogP contribution in [-0.2, 0) is 11.2 Å². The average molecular weight is 404 g/mol. The lowest BCUT2D eigenvalue weighted by molar-refractivity contribution is -0.121. The molecule has 29 heavy (non-hydrogen) atoms. The summed E-state index contributed by atoms with van der Waals surface area (Å²) in [5, 5.41) is 3.78. The molecule has 0 aliphatic rings. The molecule has 2 heterocycles. The van der Waals surface area contributed by atoms with Gasteiger partial charge in [0, 0.05) is 23.2 Å². The van der Waals surface area contributed by atoms with Gasteiger partial charge in [0.2, 0.25) is 5.91 Å². The highest BCUT2D eigenvalue weighted by molar-refractivity contribution is 6.30. The topological polar surface area (TPSA) is 46.4 Å². The van der Waals surface area contributed by atoms with Gasteiger partial charge in [-0.05, 0) is 43.2 Å². The summed E-state index contributed by atoms with van der Waals surface area (Å²) in [6.45, 7) is 2.00. The molecule has 1 amide bonds. The third-order valence-electron chi connectivity index (χ3n) is 5.01. The Morgan fingerprint density at radius 1 is 1.03 bits per heavy atom. The number of benzene rings is 2. The zero-order valence-electron chi connectivity index (χ0n) is 16.2. The number of hydrogen-bond acceptors (Lipinski definition) is 2. The van der Waals surface area contributed by atoms with Crippen molar-refractivity contribution in [3.63, 3.8) is 0 Å². The van der Waals surface area contributed by atoms with Crippen LogP contribution in [0.1, 0.15) is 30.6 Å². The van der Waals surface area contributed by atoms with Crippen molar-refractivity contribution in [2.24, 2.45) is 0 Å². The molecule has 5 heteroatoms. The summed E-state index contributed by atoms with van der Waals surface area (Å²) >= 11 is 6.04. The highest BCUT2D eigenvalue weighted by Crippen LogP contribution is 2.27. The fraction of sp³-hybridized carbons (Fsp3) is 0.167. The minimum Gasteiger partial charge on any atom is -0.350 e. The van der Waals surface area contributed by atoms with E-state index in [1.807, 2.05) is 85.9 Å². The zero-order chi connectivity index (χ0) is 20.2. The molecule has 146 valence electrons. The van der Waals surface area contributed by atoms with Crippen LogP contribution >= 0.6 is 11.6 Å². The Balaban J connectivity index is 1.55. The molecule has 4 aromatic rings. The molecule has 0 aliphatic carbocycles. The quantitative estimate of drug-likeness (QED) is 0.464. The molecule has 2 aromatic carbocycles. The van der Waals surface area contributed by atoms with Crippen molar-refractivity contribution in [2.45, 2.75) is 25.8 Å². The Labute approximate surface area is 175 Å². The molecule has 4 rings (SSSR count). The number of pyridine rings is 1. The minimum atomic E-state index is -0.0263. The second kappa shape index (κ2) is 8.50. The number of nitrogens with zero attached hydrogens (tertiary/aromatic N) is 2. The molecule has 1 N–H and O–H groups in total.